The number of sulfonamides is 1. The molecular weight excluding hydrogens is 597 g/mol. The van der Waals surface area contributed by atoms with E-state index in [-0.39, 0.29) is 34.7 Å². The number of nitrogens with one attached hydrogen (secondary N) is 1. The Morgan fingerprint density at radius 2 is 1.69 bits per heavy atom. The number of carbonyl (C=O) groups excluding carboxylic acids is 2. The number of hydrogen-bond donors (Lipinski definition) is 1. The third-order valence-corrected chi connectivity index (χ3v) is 9.00. The lowest BCUT2D eigenvalue weighted by molar-refractivity contribution is -0.140. The molecule has 0 radical (unpaired) electrons. The van der Waals surface area contributed by atoms with Gasteiger partial charge in [0.1, 0.15) is 18.3 Å². The van der Waals surface area contributed by atoms with Crippen LogP contribution in [0.1, 0.15) is 38.3 Å². The predicted molar refractivity (Wildman–Crippen MR) is 168 cm³/mol. The van der Waals surface area contributed by atoms with Gasteiger partial charge in [0, 0.05) is 23.1 Å². The summed E-state index contributed by atoms with van der Waals surface area (Å²) in [6.45, 7) is 7.36. The number of amides is 2. The van der Waals surface area contributed by atoms with Crippen molar-refractivity contribution in [2.75, 3.05) is 24.5 Å². The topological polar surface area (TPSA) is 96.0 Å². The molecule has 2 amide bonds. The van der Waals surface area contributed by atoms with Crippen LogP contribution in [0.5, 0.6) is 5.75 Å². The van der Waals surface area contributed by atoms with Crippen LogP contribution in [-0.2, 0) is 26.2 Å². The largest absolute Gasteiger partial charge is 0.495 e. The second kappa shape index (κ2) is 14.8. The van der Waals surface area contributed by atoms with Crippen molar-refractivity contribution in [3.63, 3.8) is 0 Å². The van der Waals surface area contributed by atoms with E-state index in [4.69, 9.17) is 27.9 Å². The number of rotatable bonds is 13. The Balaban J connectivity index is 2.13. The fraction of sp³-hybridized carbons (Fsp3) is 0.355. The SMILES string of the molecule is CC[C@@H](C(=O)NCC(C)C)N(Cc1ccc(Cl)cc1Cl)C(=O)CN(c1cc(C)ccc1OC)S(=O)(=O)c1ccccc1. The maximum absolute atomic E-state index is 14.2. The number of carbonyl (C=O) groups is 2. The molecule has 42 heavy (non-hydrogen) atoms. The molecule has 0 spiro atoms. The maximum Gasteiger partial charge on any atom is 0.264 e. The Morgan fingerprint density at radius 3 is 2.29 bits per heavy atom. The fourth-order valence-corrected chi connectivity index (χ4v) is 6.31. The number of methoxy groups -OCH3 is 1. The molecule has 0 aliphatic rings. The first-order chi connectivity index (χ1) is 19.9. The molecule has 0 fully saturated rings. The highest BCUT2D eigenvalue weighted by Crippen LogP contribution is 2.34. The zero-order chi connectivity index (χ0) is 31.0. The monoisotopic (exact) mass is 633 g/mol. The maximum atomic E-state index is 14.2. The smallest absolute Gasteiger partial charge is 0.264 e. The Bertz CT molecular complexity index is 1500. The Hall–Kier alpha value is -3.27. The summed E-state index contributed by atoms with van der Waals surface area (Å²) in [4.78, 5) is 29.0. The minimum Gasteiger partial charge on any atom is -0.495 e. The van der Waals surface area contributed by atoms with Crippen molar-refractivity contribution in [2.24, 2.45) is 5.92 Å². The number of aryl methyl sites for hydroxylation is 1. The minimum atomic E-state index is -4.23. The zero-order valence-corrected chi connectivity index (χ0v) is 26.8. The summed E-state index contributed by atoms with van der Waals surface area (Å²) in [6, 6.07) is 17.0. The summed E-state index contributed by atoms with van der Waals surface area (Å²) in [5.41, 5.74) is 1.54. The zero-order valence-electron chi connectivity index (χ0n) is 24.4. The van der Waals surface area contributed by atoms with E-state index in [1.54, 1.807) is 61.5 Å². The molecule has 0 unspecified atom stereocenters. The van der Waals surface area contributed by atoms with Crippen LogP contribution >= 0.6 is 23.2 Å². The van der Waals surface area contributed by atoms with E-state index in [9.17, 15) is 18.0 Å². The van der Waals surface area contributed by atoms with Gasteiger partial charge in [-0.1, -0.05) is 74.3 Å². The lowest BCUT2D eigenvalue weighted by Gasteiger charge is -2.34. The quantitative estimate of drug-likeness (QED) is 0.246. The van der Waals surface area contributed by atoms with Gasteiger partial charge in [0.15, 0.2) is 0 Å². The van der Waals surface area contributed by atoms with E-state index < -0.39 is 28.5 Å². The van der Waals surface area contributed by atoms with E-state index in [2.05, 4.69) is 5.32 Å². The average molecular weight is 635 g/mol. The molecule has 3 aromatic rings. The standard InChI is InChI=1S/C31H37Cl2N3O5S/c1-6-27(31(38)34-18-21(2)3)35(19-23-13-14-24(32)17-26(23)33)30(37)20-36(28-16-22(4)12-15-29(28)41-5)42(39,40)25-10-8-7-9-11-25/h7-17,21,27H,6,18-20H2,1-5H3,(H,34,38)/t27-/m0/s1. The first-order valence-electron chi connectivity index (χ1n) is 13.6. The van der Waals surface area contributed by atoms with Crippen LogP contribution in [0, 0.1) is 12.8 Å². The molecule has 0 bridgehead atoms. The van der Waals surface area contributed by atoms with Gasteiger partial charge in [0.2, 0.25) is 11.8 Å². The van der Waals surface area contributed by atoms with Crippen LogP contribution in [-0.4, -0.2) is 51.4 Å². The summed E-state index contributed by atoms with van der Waals surface area (Å²) < 4.78 is 34.7. The Labute approximate surface area is 258 Å². The van der Waals surface area contributed by atoms with Crippen molar-refractivity contribution in [1.82, 2.24) is 10.2 Å². The third-order valence-electron chi connectivity index (χ3n) is 6.64. The van der Waals surface area contributed by atoms with Gasteiger partial charge in [-0.2, -0.15) is 0 Å². The van der Waals surface area contributed by atoms with Crippen LogP contribution in [0.2, 0.25) is 10.0 Å². The van der Waals surface area contributed by atoms with Gasteiger partial charge in [-0.05, 0) is 66.8 Å². The van der Waals surface area contributed by atoms with Gasteiger partial charge in [-0.25, -0.2) is 8.42 Å². The van der Waals surface area contributed by atoms with Crippen LogP contribution in [0.15, 0.2) is 71.6 Å². The van der Waals surface area contributed by atoms with Crippen LogP contribution < -0.4 is 14.4 Å². The molecule has 0 aliphatic heterocycles. The van der Waals surface area contributed by atoms with Crippen molar-refractivity contribution in [2.45, 2.75) is 51.6 Å². The molecule has 0 aliphatic carbocycles. The first kappa shape index (κ1) is 33.2. The molecule has 226 valence electrons. The molecular formula is C31H37Cl2N3O5S. The van der Waals surface area contributed by atoms with Gasteiger partial charge < -0.3 is 15.0 Å². The van der Waals surface area contributed by atoms with Crippen molar-refractivity contribution >= 4 is 50.7 Å². The number of halogens is 2. The highest BCUT2D eigenvalue weighted by molar-refractivity contribution is 7.92. The van der Waals surface area contributed by atoms with E-state index in [1.807, 2.05) is 20.8 Å². The highest BCUT2D eigenvalue weighted by Gasteiger charge is 2.35. The van der Waals surface area contributed by atoms with Crippen LogP contribution in [0.25, 0.3) is 0 Å². The van der Waals surface area contributed by atoms with Gasteiger partial charge in [0.25, 0.3) is 10.0 Å². The van der Waals surface area contributed by atoms with Crippen molar-refractivity contribution in [1.29, 1.82) is 0 Å². The molecule has 11 heteroatoms. The van der Waals surface area contributed by atoms with E-state index in [1.165, 1.54) is 24.1 Å². The Kier molecular flexibility index (Phi) is 11.7. The lowest BCUT2D eigenvalue weighted by atomic mass is 10.1. The third kappa shape index (κ3) is 8.18. The van der Waals surface area contributed by atoms with Gasteiger partial charge in [0.05, 0.1) is 17.7 Å². The number of anilines is 1. The highest BCUT2D eigenvalue weighted by atomic mass is 35.5. The number of hydrogen-bond acceptors (Lipinski definition) is 5. The van der Waals surface area contributed by atoms with Gasteiger partial charge in [-0.3, -0.25) is 13.9 Å². The summed E-state index contributed by atoms with van der Waals surface area (Å²) in [6.07, 6.45) is 0.292. The molecule has 1 N–H and O–H groups in total. The van der Waals surface area contributed by atoms with Gasteiger partial charge in [-0.15, -0.1) is 0 Å². The predicted octanol–water partition coefficient (Wildman–Crippen LogP) is 6.09. The average Bonchev–Trinajstić information content (AvgIpc) is 2.96. The van der Waals surface area contributed by atoms with Gasteiger partial charge >= 0.3 is 0 Å². The van der Waals surface area contributed by atoms with Crippen LogP contribution in [0.4, 0.5) is 5.69 Å². The number of nitrogens with zero attached hydrogens (tertiary/aromatic N) is 2. The molecule has 0 saturated heterocycles. The first-order valence-corrected chi connectivity index (χ1v) is 15.8. The molecule has 1 atom stereocenters. The normalized spacial score (nSPS) is 12.1. The lowest BCUT2D eigenvalue weighted by Crippen LogP contribution is -2.52. The summed E-state index contributed by atoms with van der Waals surface area (Å²) >= 11 is 12.6. The fourth-order valence-electron chi connectivity index (χ4n) is 4.40. The second-order valence-electron chi connectivity index (χ2n) is 10.3. The second-order valence-corrected chi connectivity index (χ2v) is 13.0. The summed E-state index contributed by atoms with van der Waals surface area (Å²) in [7, 11) is -2.80. The molecule has 3 aromatic carbocycles. The van der Waals surface area contributed by atoms with Crippen molar-refractivity contribution in [3.8, 4) is 5.75 Å². The van der Waals surface area contributed by atoms with Crippen molar-refractivity contribution < 1.29 is 22.7 Å². The summed E-state index contributed by atoms with van der Waals surface area (Å²) in [5, 5.41) is 3.66. The number of benzene rings is 3. The van der Waals surface area contributed by atoms with E-state index in [0.717, 1.165) is 9.87 Å². The van der Waals surface area contributed by atoms with Crippen LogP contribution in [0.3, 0.4) is 0 Å². The summed E-state index contributed by atoms with van der Waals surface area (Å²) in [5.74, 6) is -0.450. The minimum absolute atomic E-state index is 0.00960. The Morgan fingerprint density at radius 1 is 1.00 bits per heavy atom. The molecule has 8 nitrogen and oxygen atoms in total. The number of ether oxygens (including phenoxy) is 1. The molecule has 0 aromatic heterocycles. The molecule has 0 saturated carbocycles. The molecule has 3 rings (SSSR count). The van der Waals surface area contributed by atoms with E-state index in [0.29, 0.717) is 28.6 Å². The van der Waals surface area contributed by atoms with Crippen molar-refractivity contribution in [3.05, 3.63) is 87.9 Å². The van der Waals surface area contributed by atoms with E-state index >= 15 is 0 Å². The molecule has 0 heterocycles.